The highest BCUT2D eigenvalue weighted by atomic mass is 16.4. The summed E-state index contributed by atoms with van der Waals surface area (Å²) in [5.74, 6) is -2.87. The molecule has 0 amide bonds. The summed E-state index contributed by atoms with van der Waals surface area (Å²) in [4.78, 5) is 23.3. The summed E-state index contributed by atoms with van der Waals surface area (Å²) in [6.07, 6.45) is 11.3. The predicted octanol–water partition coefficient (Wildman–Crippen LogP) is 3.28. The van der Waals surface area contributed by atoms with E-state index in [4.69, 9.17) is 10.2 Å². The minimum atomic E-state index is -1.44. The number of hydrogen-bond acceptors (Lipinski definition) is 4. The molecule has 0 saturated heterocycles. The summed E-state index contributed by atoms with van der Waals surface area (Å²) >= 11 is 0. The van der Waals surface area contributed by atoms with Gasteiger partial charge in [-0.15, -0.1) is 0 Å². The van der Waals surface area contributed by atoms with Gasteiger partial charge in [0.2, 0.25) is 0 Å². The second-order valence-corrected chi connectivity index (χ2v) is 6.26. The van der Waals surface area contributed by atoms with Crippen molar-refractivity contribution in [3.63, 3.8) is 0 Å². The molecule has 0 aromatic carbocycles. The third-order valence-electron chi connectivity index (χ3n) is 3.21. The highest BCUT2D eigenvalue weighted by Gasteiger charge is 2.07. The zero-order valence-electron chi connectivity index (χ0n) is 15.3. The van der Waals surface area contributed by atoms with Gasteiger partial charge < -0.3 is 20.0 Å². The van der Waals surface area contributed by atoms with Crippen LogP contribution in [0, 0.1) is 0 Å². The van der Waals surface area contributed by atoms with E-state index in [1.807, 2.05) is 0 Å². The average Bonchev–Trinajstić information content (AvgIpc) is 2.39. The number of hydrogen-bond donors (Lipinski definition) is 2. The van der Waals surface area contributed by atoms with Crippen LogP contribution >= 0.6 is 0 Å². The third-order valence-corrected chi connectivity index (χ3v) is 3.21. The molecule has 0 heterocycles. The smallest absolute Gasteiger partial charge is 0.404 e. The van der Waals surface area contributed by atoms with Crippen molar-refractivity contribution in [3.8, 4) is 0 Å². The monoisotopic (exact) mass is 329 g/mol. The number of nitrogens with zero attached hydrogens (tertiary/aromatic N) is 2. The molecule has 135 valence electrons. The molecule has 0 atom stereocenters. The van der Waals surface area contributed by atoms with Gasteiger partial charge >= 0.3 is 7.28 Å². The van der Waals surface area contributed by atoms with Crippen molar-refractivity contribution in [2.45, 2.75) is 51.4 Å². The minimum absolute atomic E-state index is 0.167. The van der Waals surface area contributed by atoms with E-state index in [1.165, 1.54) is 64.5 Å². The highest BCUT2D eigenvalue weighted by molar-refractivity contribution is 6.94. The van der Waals surface area contributed by atoms with Crippen molar-refractivity contribution < 1.29 is 19.8 Å². The molecule has 2 N–H and O–H groups in total. The number of unbranched alkanes of at least 4 members (excludes halogenated alkanes) is 7. The van der Waals surface area contributed by atoms with Gasteiger partial charge in [-0.25, -0.2) is 0 Å². The first-order chi connectivity index (χ1) is 10.8. The maximum Gasteiger partial charge on any atom is 0.404 e. The second kappa shape index (κ2) is 17.3. The van der Waals surface area contributed by atoms with Crippen LogP contribution in [0.25, 0.3) is 0 Å². The first-order valence-corrected chi connectivity index (χ1v) is 8.35. The van der Waals surface area contributed by atoms with Crippen LogP contribution in [-0.4, -0.2) is 80.3 Å². The van der Waals surface area contributed by atoms with E-state index in [-0.39, 0.29) is 7.28 Å². The summed E-state index contributed by atoms with van der Waals surface area (Å²) in [5, 5.41) is 15.3. The molecule has 0 aliphatic rings. The maximum absolute atomic E-state index is 9.37. The number of carbonyl (C=O) groups is 2. The van der Waals surface area contributed by atoms with Crippen LogP contribution in [0.5, 0.6) is 0 Å². The summed E-state index contributed by atoms with van der Waals surface area (Å²) in [5.41, 5.74) is 0. The van der Waals surface area contributed by atoms with E-state index < -0.39 is 11.7 Å². The third kappa shape index (κ3) is 29.6. The molecule has 0 rings (SSSR count). The Morgan fingerprint density at radius 1 is 0.652 bits per heavy atom. The van der Waals surface area contributed by atoms with Crippen LogP contribution in [0.2, 0.25) is 0 Å². The molecule has 0 fully saturated rings. The topological polar surface area (TPSA) is 81.1 Å². The summed E-state index contributed by atoms with van der Waals surface area (Å²) in [6.45, 7) is 2.51. The van der Waals surface area contributed by atoms with Gasteiger partial charge in [0.15, 0.2) is 0 Å². The van der Waals surface area contributed by atoms with Crippen molar-refractivity contribution in [1.29, 1.82) is 0 Å². The van der Waals surface area contributed by atoms with Gasteiger partial charge in [0.1, 0.15) is 0 Å². The molecule has 0 aromatic heterocycles. The zero-order chi connectivity index (χ0) is 18.1. The van der Waals surface area contributed by atoms with Crippen LogP contribution in [-0.2, 0) is 0 Å². The van der Waals surface area contributed by atoms with E-state index in [0.717, 1.165) is 0 Å². The fourth-order valence-corrected chi connectivity index (χ4v) is 2.02. The molecule has 0 aromatic rings. The van der Waals surface area contributed by atoms with Crippen molar-refractivity contribution in [3.05, 3.63) is 0 Å². The Bertz CT molecular complexity index is 272. The Labute approximate surface area is 142 Å². The van der Waals surface area contributed by atoms with Gasteiger partial charge in [-0.05, 0) is 54.1 Å². The van der Waals surface area contributed by atoms with Crippen molar-refractivity contribution >= 4 is 19.0 Å². The fraction of sp³-hybridized carbons (Fsp3) is 0.875. The molecule has 0 aliphatic heterocycles. The lowest BCUT2D eigenvalue weighted by molar-refractivity contribution is 0.213. The SMILES string of the molecule is CN(C)CCCCCCCCCCN(C)C.O=C(O)[B]C(=O)O. The Morgan fingerprint density at radius 3 is 1.09 bits per heavy atom. The Morgan fingerprint density at radius 2 is 0.913 bits per heavy atom. The van der Waals surface area contributed by atoms with E-state index in [0.29, 0.717) is 0 Å². The normalized spacial score (nSPS) is 10.3. The number of carboxylic acid groups (broad SMARTS) is 2. The maximum atomic E-state index is 9.37. The second-order valence-electron chi connectivity index (χ2n) is 6.26. The van der Waals surface area contributed by atoms with Gasteiger partial charge in [-0.2, -0.15) is 0 Å². The van der Waals surface area contributed by atoms with Crippen molar-refractivity contribution in [2.75, 3.05) is 41.3 Å². The molecule has 0 bridgehead atoms. The summed E-state index contributed by atoms with van der Waals surface area (Å²) < 4.78 is 0. The lowest BCUT2D eigenvalue weighted by atomic mass is 9.80. The van der Waals surface area contributed by atoms with Crippen LogP contribution in [0.1, 0.15) is 51.4 Å². The first-order valence-electron chi connectivity index (χ1n) is 8.35. The van der Waals surface area contributed by atoms with Gasteiger partial charge in [-0.3, -0.25) is 9.59 Å². The van der Waals surface area contributed by atoms with Crippen LogP contribution in [0.3, 0.4) is 0 Å². The molecular formula is C16H34BN2O4. The Balaban J connectivity index is 0. The number of rotatable bonds is 13. The Kier molecular flexibility index (Phi) is 18.2. The molecular weight excluding hydrogens is 295 g/mol. The lowest BCUT2D eigenvalue weighted by Crippen LogP contribution is -2.14. The van der Waals surface area contributed by atoms with Crippen LogP contribution in [0.15, 0.2) is 0 Å². The lowest BCUT2D eigenvalue weighted by Gasteiger charge is -2.09. The molecule has 0 aliphatic carbocycles. The molecule has 0 saturated carbocycles. The fourth-order valence-electron chi connectivity index (χ4n) is 2.02. The van der Waals surface area contributed by atoms with E-state index in [1.54, 1.807) is 0 Å². The quantitative estimate of drug-likeness (QED) is 0.399. The Hall–Kier alpha value is -1.08. The minimum Gasteiger partial charge on any atom is -0.489 e. The van der Waals surface area contributed by atoms with Crippen molar-refractivity contribution in [1.82, 2.24) is 9.80 Å². The average molecular weight is 329 g/mol. The van der Waals surface area contributed by atoms with Gasteiger partial charge in [-0.1, -0.05) is 38.5 Å². The highest BCUT2D eigenvalue weighted by Crippen LogP contribution is 2.08. The van der Waals surface area contributed by atoms with E-state index in [9.17, 15) is 9.59 Å². The van der Waals surface area contributed by atoms with E-state index >= 15 is 0 Å². The van der Waals surface area contributed by atoms with Gasteiger partial charge in [0, 0.05) is 0 Å². The molecule has 0 spiro atoms. The van der Waals surface area contributed by atoms with Gasteiger partial charge in [0.05, 0.1) is 0 Å². The summed E-state index contributed by atoms with van der Waals surface area (Å²) in [7, 11) is 8.80. The first kappa shape index (κ1) is 24.2. The van der Waals surface area contributed by atoms with Crippen molar-refractivity contribution in [2.24, 2.45) is 0 Å². The molecule has 1 radical (unpaired) electrons. The molecule has 23 heavy (non-hydrogen) atoms. The molecule has 7 heteroatoms. The van der Waals surface area contributed by atoms with Crippen LogP contribution in [0.4, 0.5) is 9.59 Å². The van der Waals surface area contributed by atoms with Gasteiger partial charge in [0.25, 0.3) is 11.7 Å². The van der Waals surface area contributed by atoms with E-state index in [2.05, 4.69) is 38.0 Å². The van der Waals surface area contributed by atoms with Crippen LogP contribution < -0.4 is 0 Å². The molecule has 0 unspecified atom stereocenters. The predicted molar refractivity (Wildman–Crippen MR) is 95.8 cm³/mol. The standard InChI is InChI=1S/C14H32N2.C2H2BO4/c1-15(2)13-11-9-7-5-6-8-10-12-14-16(3)4;4-1(5)3-2(6)7/h5-14H2,1-4H3;(H,4,5)(H,6,7). The molecule has 6 nitrogen and oxygen atoms in total. The zero-order valence-corrected chi connectivity index (χ0v) is 15.3. The summed E-state index contributed by atoms with van der Waals surface area (Å²) in [6, 6.07) is 0. The largest absolute Gasteiger partial charge is 0.489 e.